The van der Waals surface area contributed by atoms with E-state index in [-0.39, 0.29) is 23.8 Å². The molecule has 6 heteroatoms. The number of fused-ring (bicyclic) bond motifs is 1. The first kappa shape index (κ1) is 18.2. The van der Waals surface area contributed by atoms with Gasteiger partial charge < -0.3 is 20.1 Å². The highest BCUT2D eigenvalue weighted by molar-refractivity contribution is 6.05. The molecule has 6 nitrogen and oxygen atoms in total. The fraction of sp³-hybridized carbons (Fsp3) is 0.400. The molecule has 1 fully saturated rings. The first-order valence-electron chi connectivity index (χ1n) is 8.65. The Bertz CT molecular complexity index is 832. The fourth-order valence-corrected chi connectivity index (χ4v) is 3.31. The van der Waals surface area contributed by atoms with Gasteiger partial charge in [-0.25, -0.2) is 4.79 Å². The number of carbonyl (C=O) groups is 2. The van der Waals surface area contributed by atoms with Gasteiger partial charge in [0, 0.05) is 29.5 Å². The van der Waals surface area contributed by atoms with Crippen molar-refractivity contribution >= 4 is 28.3 Å². The van der Waals surface area contributed by atoms with Gasteiger partial charge in [0.1, 0.15) is 5.75 Å². The summed E-state index contributed by atoms with van der Waals surface area (Å²) in [5.74, 6) is 0.0548. The Morgan fingerprint density at radius 2 is 1.92 bits per heavy atom. The lowest BCUT2D eigenvalue weighted by atomic mass is 9.81. The van der Waals surface area contributed by atoms with Gasteiger partial charge in [0.15, 0.2) is 6.61 Å². The van der Waals surface area contributed by atoms with Crippen molar-refractivity contribution in [1.29, 1.82) is 0 Å². The number of hydrogen-bond donors (Lipinski definition) is 2. The summed E-state index contributed by atoms with van der Waals surface area (Å²) in [5.41, 5.74) is 0.655. The molecule has 0 aromatic heterocycles. The van der Waals surface area contributed by atoms with E-state index < -0.39 is 5.97 Å². The van der Waals surface area contributed by atoms with Crippen LogP contribution in [-0.4, -0.2) is 38.7 Å². The quantitative estimate of drug-likeness (QED) is 0.805. The summed E-state index contributed by atoms with van der Waals surface area (Å²) in [6.45, 7) is 5.54. The molecule has 1 aliphatic heterocycles. The number of anilines is 1. The number of ether oxygens (including phenoxy) is 2. The van der Waals surface area contributed by atoms with Crippen LogP contribution in [0.5, 0.6) is 5.75 Å². The van der Waals surface area contributed by atoms with E-state index in [1.54, 1.807) is 6.07 Å². The lowest BCUT2D eigenvalue weighted by Crippen LogP contribution is -2.33. The Kier molecular flexibility index (Phi) is 5.13. The lowest BCUT2D eigenvalue weighted by molar-refractivity contribution is -0.142. The van der Waals surface area contributed by atoms with Gasteiger partial charge in [-0.3, -0.25) is 4.79 Å². The molecule has 1 aliphatic rings. The van der Waals surface area contributed by atoms with Crippen molar-refractivity contribution in [3.8, 4) is 5.75 Å². The molecule has 0 radical (unpaired) electrons. The van der Waals surface area contributed by atoms with Gasteiger partial charge in [-0.2, -0.15) is 0 Å². The summed E-state index contributed by atoms with van der Waals surface area (Å²) in [5, 5.41) is 8.04. The molecule has 1 unspecified atom stereocenters. The van der Waals surface area contributed by atoms with Crippen molar-refractivity contribution in [2.45, 2.75) is 13.8 Å². The predicted octanol–water partition coefficient (Wildman–Crippen LogP) is 2.58. The van der Waals surface area contributed by atoms with Gasteiger partial charge in [-0.05, 0) is 17.5 Å². The second-order valence-electron chi connectivity index (χ2n) is 7.18. The van der Waals surface area contributed by atoms with Gasteiger partial charge in [0.25, 0.3) is 0 Å². The average Bonchev–Trinajstić information content (AvgIpc) is 3.00. The van der Waals surface area contributed by atoms with Crippen LogP contribution in [0.25, 0.3) is 10.8 Å². The van der Waals surface area contributed by atoms with Crippen molar-refractivity contribution in [1.82, 2.24) is 5.32 Å². The molecule has 2 aromatic rings. The molecule has 0 bridgehead atoms. The fourth-order valence-electron chi connectivity index (χ4n) is 3.31. The third-order valence-corrected chi connectivity index (χ3v) is 4.90. The van der Waals surface area contributed by atoms with Gasteiger partial charge in [0.05, 0.1) is 13.0 Å². The van der Waals surface area contributed by atoms with Crippen molar-refractivity contribution in [3.05, 3.63) is 36.4 Å². The third-order valence-electron chi connectivity index (χ3n) is 4.90. The maximum atomic E-state index is 12.8. The zero-order valence-corrected chi connectivity index (χ0v) is 15.3. The first-order valence-corrected chi connectivity index (χ1v) is 8.65. The normalized spacial score (nSPS) is 18.5. The van der Waals surface area contributed by atoms with Gasteiger partial charge in [-0.1, -0.05) is 38.1 Å². The van der Waals surface area contributed by atoms with Crippen LogP contribution in [0.3, 0.4) is 0 Å². The summed E-state index contributed by atoms with van der Waals surface area (Å²) >= 11 is 0. The Morgan fingerprint density at radius 1 is 1.19 bits per heavy atom. The van der Waals surface area contributed by atoms with Gasteiger partial charge >= 0.3 is 5.97 Å². The highest BCUT2D eigenvalue weighted by Crippen LogP contribution is 2.34. The lowest BCUT2D eigenvalue weighted by Gasteiger charge is -2.25. The van der Waals surface area contributed by atoms with Crippen LogP contribution in [-0.2, 0) is 14.3 Å². The smallest absolute Gasteiger partial charge is 0.343 e. The highest BCUT2D eigenvalue weighted by atomic mass is 16.6. The van der Waals surface area contributed by atoms with Gasteiger partial charge in [0.2, 0.25) is 5.91 Å². The Hall–Kier alpha value is -2.60. The van der Waals surface area contributed by atoms with Crippen LogP contribution in [0.2, 0.25) is 0 Å². The van der Waals surface area contributed by atoms with Crippen molar-refractivity contribution < 1.29 is 19.1 Å². The average molecular weight is 356 g/mol. The van der Waals surface area contributed by atoms with E-state index in [1.807, 2.05) is 30.3 Å². The topological polar surface area (TPSA) is 76.7 Å². The van der Waals surface area contributed by atoms with E-state index >= 15 is 0 Å². The monoisotopic (exact) mass is 356 g/mol. The Labute approximate surface area is 152 Å². The molecule has 1 heterocycles. The molecule has 2 aromatic carbocycles. The molecule has 1 amide bonds. The van der Waals surface area contributed by atoms with Crippen LogP contribution in [0.4, 0.5) is 5.69 Å². The summed E-state index contributed by atoms with van der Waals surface area (Å²) in [4.78, 5) is 24.1. The number of esters is 1. The molecule has 3 rings (SSSR count). The van der Waals surface area contributed by atoms with Crippen molar-refractivity contribution in [2.75, 3.05) is 32.1 Å². The van der Waals surface area contributed by atoms with Crippen LogP contribution < -0.4 is 15.4 Å². The largest absolute Gasteiger partial charge is 0.481 e. The predicted molar refractivity (Wildman–Crippen MR) is 100 cm³/mol. The van der Waals surface area contributed by atoms with Crippen LogP contribution in [0.1, 0.15) is 13.8 Å². The second kappa shape index (κ2) is 7.33. The number of carbonyl (C=O) groups excluding carboxylic acids is 2. The maximum Gasteiger partial charge on any atom is 0.343 e. The summed E-state index contributed by atoms with van der Waals surface area (Å²) < 4.78 is 10.2. The zero-order valence-electron chi connectivity index (χ0n) is 15.3. The Morgan fingerprint density at radius 3 is 2.58 bits per heavy atom. The number of rotatable bonds is 5. The molecule has 0 spiro atoms. The summed E-state index contributed by atoms with van der Waals surface area (Å²) in [7, 11) is 1.32. The number of amides is 1. The van der Waals surface area contributed by atoms with E-state index in [9.17, 15) is 9.59 Å². The van der Waals surface area contributed by atoms with Crippen molar-refractivity contribution in [2.24, 2.45) is 11.3 Å². The van der Waals surface area contributed by atoms with Crippen molar-refractivity contribution in [3.63, 3.8) is 0 Å². The molecule has 1 atom stereocenters. The number of benzene rings is 2. The zero-order chi connectivity index (χ0) is 18.7. The Balaban J connectivity index is 1.86. The van der Waals surface area contributed by atoms with E-state index in [0.29, 0.717) is 12.3 Å². The molecule has 1 saturated heterocycles. The molecule has 26 heavy (non-hydrogen) atoms. The molecule has 138 valence electrons. The number of nitrogens with one attached hydrogen (secondary N) is 2. The van der Waals surface area contributed by atoms with Crippen LogP contribution in [0.15, 0.2) is 36.4 Å². The SMILES string of the molecule is COC(=O)COc1ccc(NC(=O)C2CNCC2(C)C)c2ccccc12. The third kappa shape index (κ3) is 3.65. The molecule has 2 N–H and O–H groups in total. The first-order chi connectivity index (χ1) is 12.4. The minimum atomic E-state index is -0.442. The minimum Gasteiger partial charge on any atom is -0.481 e. The molecular weight excluding hydrogens is 332 g/mol. The molecule has 0 aliphatic carbocycles. The molecule has 0 saturated carbocycles. The molecular formula is C20H24N2O4. The van der Waals surface area contributed by atoms with E-state index in [4.69, 9.17) is 4.74 Å². The minimum absolute atomic E-state index is 0.00776. The number of methoxy groups -OCH3 is 1. The number of hydrogen-bond acceptors (Lipinski definition) is 5. The summed E-state index contributed by atoms with van der Waals surface area (Å²) in [6, 6.07) is 11.2. The van der Waals surface area contributed by atoms with Gasteiger partial charge in [-0.15, -0.1) is 0 Å². The summed E-state index contributed by atoms with van der Waals surface area (Å²) in [6.07, 6.45) is 0. The van der Waals surface area contributed by atoms with E-state index in [2.05, 4.69) is 29.2 Å². The highest BCUT2D eigenvalue weighted by Gasteiger charge is 2.39. The van der Waals surface area contributed by atoms with Crippen LogP contribution in [0, 0.1) is 11.3 Å². The second-order valence-corrected chi connectivity index (χ2v) is 7.18. The van der Waals surface area contributed by atoms with E-state index in [0.717, 1.165) is 23.0 Å². The van der Waals surface area contributed by atoms with E-state index in [1.165, 1.54) is 7.11 Å². The van der Waals surface area contributed by atoms with Crippen LogP contribution >= 0.6 is 0 Å². The maximum absolute atomic E-state index is 12.8. The standard InChI is InChI=1S/C20H24N2O4/c1-20(2)12-21-10-15(20)19(24)22-16-8-9-17(26-11-18(23)25-3)14-7-5-4-6-13(14)16/h4-9,15,21H,10-12H2,1-3H3,(H,22,24).